The van der Waals surface area contributed by atoms with E-state index in [-0.39, 0.29) is 6.04 Å². The molecule has 2 aromatic rings. The summed E-state index contributed by atoms with van der Waals surface area (Å²) in [5.41, 5.74) is 1.78. The molecule has 1 aliphatic heterocycles. The van der Waals surface area contributed by atoms with E-state index in [0.29, 0.717) is 16.6 Å². The fourth-order valence-corrected chi connectivity index (χ4v) is 4.30. The Kier molecular flexibility index (Phi) is 6.35. The third kappa shape index (κ3) is 4.89. The number of piperidine rings is 1. The van der Waals surface area contributed by atoms with Crippen LogP contribution in [0.3, 0.4) is 0 Å². The van der Waals surface area contributed by atoms with E-state index in [1.807, 2.05) is 12.1 Å². The first-order valence-corrected chi connectivity index (χ1v) is 11.4. The summed E-state index contributed by atoms with van der Waals surface area (Å²) in [7, 11) is -3.19. The van der Waals surface area contributed by atoms with Crippen molar-refractivity contribution in [2.75, 3.05) is 24.2 Å². The lowest BCUT2D eigenvalue weighted by Gasteiger charge is -2.36. The Bertz CT molecular complexity index is 909. The minimum atomic E-state index is -3.19. The Hall–Kier alpha value is -1.99. The summed E-state index contributed by atoms with van der Waals surface area (Å²) in [6.07, 6.45) is 3.90. The molecule has 2 aromatic carbocycles. The molecule has 3 rings (SSSR count). The van der Waals surface area contributed by atoms with Crippen molar-refractivity contribution in [3.63, 3.8) is 0 Å². The van der Waals surface area contributed by atoms with Gasteiger partial charge in [0, 0.05) is 43.2 Å². The Balaban J connectivity index is 1.60. The van der Waals surface area contributed by atoms with Gasteiger partial charge in [0.25, 0.3) is 0 Å². The molecular weight excluding hydrogens is 382 g/mol. The number of sulfone groups is 1. The quantitative estimate of drug-likeness (QED) is 0.783. The summed E-state index contributed by atoms with van der Waals surface area (Å²) < 4.78 is 49.8. The van der Waals surface area contributed by atoms with Crippen molar-refractivity contribution < 1.29 is 17.2 Å². The maximum Gasteiger partial charge on any atom is 0.175 e. The van der Waals surface area contributed by atoms with E-state index in [1.54, 1.807) is 18.2 Å². The van der Waals surface area contributed by atoms with E-state index in [9.17, 15) is 17.2 Å². The minimum Gasteiger partial charge on any atom is -0.371 e. The van der Waals surface area contributed by atoms with Gasteiger partial charge in [-0.25, -0.2) is 17.2 Å². The lowest BCUT2D eigenvalue weighted by Crippen LogP contribution is -2.43. The van der Waals surface area contributed by atoms with Crippen molar-refractivity contribution in [1.82, 2.24) is 5.32 Å². The smallest absolute Gasteiger partial charge is 0.175 e. The van der Waals surface area contributed by atoms with E-state index in [0.717, 1.165) is 37.9 Å². The predicted molar refractivity (Wildman–Crippen MR) is 107 cm³/mol. The molecular formula is C21H26F2N2O2S. The molecule has 1 saturated heterocycles. The minimum absolute atomic E-state index is 0.147. The van der Waals surface area contributed by atoms with Crippen LogP contribution in [0.4, 0.5) is 14.5 Å². The van der Waals surface area contributed by atoms with Crippen LogP contribution >= 0.6 is 0 Å². The Labute approximate surface area is 165 Å². The normalized spacial score (nSPS) is 16.9. The van der Waals surface area contributed by atoms with E-state index in [4.69, 9.17) is 0 Å². The van der Waals surface area contributed by atoms with E-state index < -0.39 is 21.5 Å². The van der Waals surface area contributed by atoms with Gasteiger partial charge in [0.15, 0.2) is 21.5 Å². The summed E-state index contributed by atoms with van der Waals surface area (Å²) in [5.74, 6) is -1.64. The second-order valence-electron chi connectivity index (χ2n) is 7.33. The van der Waals surface area contributed by atoms with Crippen LogP contribution < -0.4 is 10.2 Å². The summed E-state index contributed by atoms with van der Waals surface area (Å²) >= 11 is 0. The zero-order valence-electron chi connectivity index (χ0n) is 16.2. The molecule has 28 heavy (non-hydrogen) atoms. The third-order valence-electron chi connectivity index (χ3n) is 5.32. The first-order chi connectivity index (χ1) is 13.3. The molecule has 0 spiro atoms. The maximum atomic E-state index is 13.5. The molecule has 1 atom stereocenters. The van der Waals surface area contributed by atoms with Crippen LogP contribution in [-0.4, -0.2) is 33.8 Å². The number of halogens is 2. The Morgan fingerprint density at radius 2 is 1.71 bits per heavy atom. The molecule has 1 N–H and O–H groups in total. The van der Waals surface area contributed by atoms with Crippen LogP contribution in [0.15, 0.2) is 47.4 Å². The van der Waals surface area contributed by atoms with Gasteiger partial charge in [-0.05, 0) is 49.1 Å². The van der Waals surface area contributed by atoms with E-state index in [1.165, 1.54) is 18.4 Å². The Morgan fingerprint density at radius 1 is 1.07 bits per heavy atom. The molecule has 0 aliphatic carbocycles. The Morgan fingerprint density at radius 3 is 2.25 bits per heavy atom. The van der Waals surface area contributed by atoms with Crippen molar-refractivity contribution in [3.05, 3.63) is 59.7 Å². The van der Waals surface area contributed by atoms with Crippen LogP contribution in [0, 0.1) is 11.6 Å². The second kappa shape index (κ2) is 8.57. The third-order valence-corrected chi connectivity index (χ3v) is 6.45. The summed E-state index contributed by atoms with van der Waals surface area (Å²) in [4.78, 5) is 2.40. The van der Waals surface area contributed by atoms with Crippen LogP contribution in [0.2, 0.25) is 0 Å². The summed E-state index contributed by atoms with van der Waals surface area (Å²) in [6, 6.07) is 11.5. The fraction of sp³-hybridized carbons (Fsp3) is 0.429. The molecule has 0 amide bonds. The second-order valence-corrected chi connectivity index (χ2v) is 9.34. The van der Waals surface area contributed by atoms with Crippen LogP contribution in [0.1, 0.15) is 37.8 Å². The van der Waals surface area contributed by atoms with Gasteiger partial charge in [0.1, 0.15) is 0 Å². The number of rotatable bonds is 6. The van der Waals surface area contributed by atoms with Crippen LogP contribution in [0.5, 0.6) is 0 Å². The molecule has 4 nitrogen and oxygen atoms in total. The van der Waals surface area contributed by atoms with Gasteiger partial charge in [-0.3, -0.25) is 0 Å². The molecule has 1 fully saturated rings. The van der Waals surface area contributed by atoms with Crippen LogP contribution in [-0.2, 0) is 9.84 Å². The van der Waals surface area contributed by atoms with Crippen molar-refractivity contribution in [2.24, 2.45) is 0 Å². The lowest BCUT2D eigenvalue weighted by molar-refractivity contribution is 0.364. The number of nitrogens with zero attached hydrogens (tertiary/aromatic N) is 1. The predicted octanol–water partition coefficient (Wildman–Crippen LogP) is 4.08. The fourth-order valence-electron chi connectivity index (χ4n) is 3.67. The largest absolute Gasteiger partial charge is 0.371 e. The van der Waals surface area contributed by atoms with Gasteiger partial charge in [-0.2, -0.15) is 0 Å². The van der Waals surface area contributed by atoms with E-state index in [2.05, 4.69) is 17.1 Å². The molecule has 0 saturated carbocycles. The topological polar surface area (TPSA) is 49.4 Å². The average Bonchev–Trinajstić information content (AvgIpc) is 2.68. The van der Waals surface area contributed by atoms with Crippen molar-refractivity contribution in [1.29, 1.82) is 0 Å². The number of hydrogen-bond donors (Lipinski definition) is 1. The molecule has 152 valence electrons. The molecule has 0 aromatic heterocycles. The van der Waals surface area contributed by atoms with Gasteiger partial charge < -0.3 is 10.2 Å². The summed E-state index contributed by atoms with van der Waals surface area (Å²) in [5, 5.41) is 3.66. The number of anilines is 1. The van der Waals surface area contributed by atoms with Gasteiger partial charge in [-0.15, -0.1) is 0 Å². The highest BCUT2D eigenvalue weighted by Gasteiger charge is 2.23. The highest BCUT2D eigenvalue weighted by Crippen LogP contribution is 2.25. The van der Waals surface area contributed by atoms with Crippen LogP contribution in [0.25, 0.3) is 0 Å². The maximum absolute atomic E-state index is 13.5. The monoisotopic (exact) mass is 408 g/mol. The SMILES string of the molecule is CCC(NC1CCN(c2ccc(F)c(F)c2)CC1)c1ccc(S(C)(=O)=O)cc1. The van der Waals surface area contributed by atoms with Gasteiger partial charge in [0.2, 0.25) is 0 Å². The molecule has 1 heterocycles. The molecule has 1 aliphatic rings. The zero-order valence-corrected chi connectivity index (χ0v) is 17.0. The highest BCUT2D eigenvalue weighted by atomic mass is 32.2. The van der Waals surface area contributed by atoms with Gasteiger partial charge in [-0.1, -0.05) is 19.1 Å². The first-order valence-electron chi connectivity index (χ1n) is 9.54. The van der Waals surface area contributed by atoms with Gasteiger partial charge >= 0.3 is 0 Å². The first kappa shape index (κ1) is 20.7. The zero-order chi connectivity index (χ0) is 20.3. The molecule has 0 radical (unpaired) electrons. The van der Waals surface area contributed by atoms with Crippen molar-refractivity contribution >= 4 is 15.5 Å². The number of nitrogens with one attached hydrogen (secondary N) is 1. The van der Waals surface area contributed by atoms with Crippen molar-refractivity contribution in [3.8, 4) is 0 Å². The molecule has 1 unspecified atom stereocenters. The van der Waals surface area contributed by atoms with E-state index >= 15 is 0 Å². The lowest BCUT2D eigenvalue weighted by atomic mass is 9.99. The summed E-state index contributed by atoms with van der Waals surface area (Å²) in [6.45, 7) is 3.64. The average molecular weight is 409 g/mol. The highest BCUT2D eigenvalue weighted by molar-refractivity contribution is 7.90. The van der Waals surface area contributed by atoms with Gasteiger partial charge in [0.05, 0.1) is 4.90 Å². The molecule has 0 bridgehead atoms. The number of hydrogen-bond acceptors (Lipinski definition) is 4. The number of benzene rings is 2. The van der Waals surface area contributed by atoms with Crippen molar-refractivity contribution in [2.45, 2.75) is 43.2 Å². The standard InChI is InChI=1S/C21H26F2N2O2S/c1-3-21(15-4-7-18(8-5-15)28(2,26)27)24-16-10-12-25(13-11-16)17-6-9-19(22)20(23)14-17/h4-9,14,16,21,24H,3,10-13H2,1-2H3. The molecule has 7 heteroatoms.